The molecule has 1 aliphatic rings. The van der Waals surface area contributed by atoms with E-state index in [0.29, 0.717) is 6.42 Å². The summed E-state index contributed by atoms with van der Waals surface area (Å²) in [6, 6.07) is 5.18. The number of nitrogens with two attached hydrogens (primary N) is 1. The van der Waals surface area contributed by atoms with Crippen LogP contribution in [0.1, 0.15) is 49.2 Å². The fourth-order valence-corrected chi connectivity index (χ4v) is 4.11. The molecule has 5 N–H and O–H groups in total. The van der Waals surface area contributed by atoms with Gasteiger partial charge in [-0.25, -0.2) is 4.79 Å². The van der Waals surface area contributed by atoms with Crippen LogP contribution >= 0.6 is 0 Å². The highest BCUT2D eigenvalue weighted by molar-refractivity contribution is 5.86. The van der Waals surface area contributed by atoms with Crippen molar-refractivity contribution in [3.05, 3.63) is 55.9 Å². The standard InChI is InChI=1S/C20H24N4O4/c1-4-10(2)24-19(26)15(18(25)23-20(24)27)17-16-12(7-8-21-17)13-9-11(28-3)5-6-14(13)22-16/h5-6,9-10,17,21-22,26H,4,7-8H2,1-3H3,(H,23,25,27)/p+1/t10-,17+/m1/s1. The average molecular weight is 385 g/mol. The zero-order chi connectivity index (χ0) is 20.0. The summed E-state index contributed by atoms with van der Waals surface area (Å²) in [5.74, 6) is 0.514. The van der Waals surface area contributed by atoms with Crippen LogP contribution in [0.4, 0.5) is 0 Å². The molecule has 1 aliphatic heterocycles. The molecule has 0 radical (unpaired) electrons. The van der Waals surface area contributed by atoms with Crippen molar-refractivity contribution in [1.29, 1.82) is 0 Å². The molecule has 0 amide bonds. The molecule has 0 saturated heterocycles. The first-order valence-corrected chi connectivity index (χ1v) is 9.55. The number of nitrogens with one attached hydrogen (secondary N) is 2. The Labute approximate surface area is 161 Å². The second-order valence-corrected chi connectivity index (χ2v) is 7.30. The van der Waals surface area contributed by atoms with E-state index in [4.69, 9.17) is 4.74 Å². The zero-order valence-corrected chi connectivity index (χ0v) is 16.2. The third-order valence-electron chi connectivity index (χ3n) is 5.75. The van der Waals surface area contributed by atoms with E-state index in [1.165, 1.54) is 4.57 Å². The summed E-state index contributed by atoms with van der Waals surface area (Å²) in [5, 5.41) is 13.9. The van der Waals surface area contributed by atoms with Gasteiger partial charge in [0.2, 0.25) is 5.88 Å². The van der Waals surface area contributed by atoms with Crippen LogP contribution in [0.3, 0.4) is 0 Å². The summed E-state index contributed by atoms with van der Waals surface area (Å²) in [6.45, 7) is 4.54. The highest BCUT2D eigenvalue weighted by atomic mass is 16.5. The minimum atomic E-state index is -0.585. The topological polar surface area (TPSA) is 117 Å². The molecule has 148 valence electrons. The predicted molar refractivity (Wildman–Crippen MR) is 105 cm³/mol. The Morgan fingerprint density at radius 2 is 2.14 bits per heavy atom. The van der Waals surface area contributed by atoms with Crippen molar-refractivity contribution in [2.45, 2.75) is 38.8 Å². The highest BCUT2D eigenvalue weighted by Gasteiger charge is 2.34. The maximum atomic E-state index is 12.7. The van der Waals surface area contributed by atoms with Gasteiger partial charge in [-0.1, -0.05) is 6.92 Å². The number of quaternary nitrogens is 1. The van der Waals surface area contributed by atoms with E-state index in [1.807, 2.05) is 37.4 Å². The Balaban J connectivity index is 1.94. The van der Waals surface area contributed by atoms with Crippen LogP contribution in [0, 0.1) is 0 Å². The molecule has 0 aliphatic carbocycles. The van der Waals surface area contributed by atoms with Gasteiger partial charge in [-0.3, -0.25) is 14.3 Å². The number of hydrogen-bond acceptors (Lipinski definition) is 4. The summed E-state index contributed by atoms with van der Waals surface area (Å²) >= 11 is 0. The molecule has 3 heterocycles. The van der Waals surface area contributed by atoms with Gasteiger partial charge in [0, 0.05) is 23.4 Å². The minimum absolute atomic E-state index is 0.208. The van der Waals surface area contributed by atoms with E-state index in [0.717, 1.165) is 40.9 Å². The fourth-order valence-electron chi connectivity index (χ4n) is 4.11. The SMILES string of the molecule is CC[C@@H](C)n1c(O)c([C@@H]2[NH2+]CCc3c2[nH]c2ccc(OC)cc32)c(=O)[nH]c1=O. The molecule has 3 aromatic rings. The molecule has 4 rings (SSSR count). The van der Waals surface area contributed by atoms with Crippen molar-refractivity contribution in [3.8, 4) is 11.6 Å². The van der Waals surface area contributed by atoms with Gasteiger partial charge >= 0.3 is 5.69 Å². The number of aromatic hydroxyl groups is 1. The van der Waals surface area contributed by atoms with Crippen LogP contribution in [0.5, 0.6) is 11.6 Å². The first-order chi connectivity index (χ1) is 13.5. The number of aromatic amines is 2. The first kappa shape index (κ1) is 18.4. The lowest BCUT2D eigenvalue weighted by atomic mass is 9.95. The van der Waals surface area contributed by atoms with Gasteiger partial charge in [0.15, 0.2) is 6.04 Å². The number of nitrogens with zero attached hydrogens (tertiary/aromatic N) is 1. The largest absolute Gasteiger partial charge is 0.497 e. The first-order valence-electron chi connectivity index (χ1n) is 9.55. The normalized spacial score (nSPS) is 17.5. The number of aromatic nitrogens is 3. The number of rotatable bonds is 4. The Bertz CT molecular complexity index is 1160. The van der Waals surface area contributed by atoms with Crippen molar-refractivity contribution >= 4 is 10.9 Å². The van der Waals surface area contributed by atoms with Crippen LogP contribution in [-0.4, -0.2) is 33.3 Å². The van der Waals surface area contributed by atoms with E-state index in [9.17, 15) is 14.7 Å². The van der Waals surface area contributed by atoms with E-state index >= 15 is 0 Å². The quantitative estimate of drug-likeness (QED) is 0.534. The van der Waals surface area contributed by atoms with Gasteiger partial charge in [0.1, 0.15) is 11.3 Å². The number of ether oxygens (including phenoxy) is 1. The molecular formula is C20H25N4O4+. The number of hydrogen-bond donors (Lipinski definition) is 4. The summed E-state index contributed by atoms with van der Waals surface area (Å²) in [5.41, 5.74) is 2.02. The van der Waals surface area contributed by atoms with E-state index in [1.54, 1.807) is 7.11 Å². The Kier molecular flexibility index (Phi) is 4.50. The molecule has 0 bridgehead atoms. The molecule has 0 unspecified atom stereocenters. The number of fused-ring (bicyclic) bond motifs is 3. The number of benzene rings is 1. The van der Waals surface area contributed by atoms with Gasteiger partial charge in [-0.15, -0.1) is 0 Å². The second-order valence-electron chi connectivity index (χ2n) is 7.30. The van der Waals surface area contributed by atoms with Gasteiger partial charge in [0.05, 0.1) is 19.3 Å². The molecule has 2 atom stereocenters. The molecule has 2 aromatic heterocycles. The third-order valence-corrected chi connectivity index (χ3v) is 5.75. The van der Waals surface area contributed by atoms with Crippen LogP contribution in [0.25, 0.3) is 10.9 Å². The summed E-state index contributed by atoms with van der Waals surface area (Å²) < 4.78 is 6.61. The molecule has 0 saturated carbocycles. The lowest BCUT2D eigenvalue weighted by Crippen LogP contribution is -2.87. The summed E-state index contributed by atoms with van der Waals surface area (Å²) in [4.78, 5) is 30.7. The van der Waals surface area contributed by atoms with Crippen LogP contribution in [0.15, 0.2) is 27.8 Å². The lowest BCUT2D eigenvalue weighted by Gasteiger charge is -2.23. The van der Waals surface area contributed by atoms with Crippen molar-refractivity contribution in [1.82, 2.24) is 14.5 Å². The Morgan fingerprint density at radius 3 is 2.86 bits per heavy atom. The van der Waals surface area contributed by atoms with Crippen molar-refractivity contribution in [2.24, 2.45) is 0 Å². The van der Waals surface area contributed by atoms with Crippen LogP contribution in [0.2, 0.25) is 0 Å². The molecule has 28 heavy (non-hydrogen) atoms. The lowest BCUT2D eigenvalue weighted by molar-refractivity contribution is -0.690. The number of methoxy groups -OCH3 is 1. The number of H-pyrrole nitrogens is 2. The van der Waals surface area contributed by atoms with Crippen molar-refractivity contribution < 1.29 is 15.2 Å². The minimum Gasteiger partial charge on any atom is -0.497 e. The summed E-state index contributed by atoms with van der Waals surface area (Å²) in [7, 11) is 1.63. The predicted octanol–water partition coefficient (Wildman–Crippen LogP) is 0.912. The molecule has 0 spiro atoms. The molecule has 8 heteroatoms. The van der Waals surface area contributed by atoms with Crippen LogP contribution < -0.4 is 21.3 Å². The third kappa shape index (κ3) is 2.72. The monoisotopic (exact) mass is 385 g/mol. The molecule has 1 aromatic carbocycles. The van der Waals surface area contributed by atoms with E-state index in [-0.39, 0.29) is 17.5 Å². The van der Waals surface area contributed by atoms with Gasteiger partial charge in [-0.05, 0) is 37.1 Å². The van der Waals surface area contributed by atoms with Crippen molar-refractivity contribution in [3.63, 3.8) is 0 Å². The Morgan fingerprint density at radius 1 is 1.36 bits per heavy atom. The average Bonchev–Trinajstić information content (AvgIpc) is 3.06. The highest BCUT2D eigenvalue weighted by Crippen LogP contribution is 2.34. The molecule has 0 fully saturated rings. The van der Waals surface area contributed by atoms with E-state index in [2.05, 4.69) is 9.97 Å². The van der Waals surface area contributed by atoms with Crippen molar-refractivity contribution in [2.75, 3.05) is 13.7 Å². The molecule has 8 nitrogen and oxygen atoms in total. The fraction of sp³-hybridized carbons (Fsp3) is 0.400. The summed E-state index contributed by atoms with van der Waals surface area (Å²) in [6.07, 6.45) is 1.49. The smallest absolute Gasteiger partial charge is 0.331 e. The maximum Gasteiger partial charge on any atom is 0.331 e. The van der Waals surface area contributed by atoms with Gasteiger partial charge < -0.3 is 20.1 Å². The molecular weight excluding hydrogens is 360 g/mol. The van der Waals surface area contributed by atoms with E-state index < -0.39 is 17.3 Å². The maximum absolute atomic E-state index is 12.7. The van der Waals surface area contributed by atoms with Crippen LogP contribution in [-0.2, 0) is 6.42 Å². The zero-order valence-electron chi connectivity index (χ0n) is 16.2. The van der Waals surface area contributed by atoms with Gasteiger partial charge in [-0.2, -0.15) is 0 Å². The second kappa shape index (κ2) is 6.87. The Hall–Kier alpha value is -3.00. The van der Waals surface area contributed by atoms with Gasteiger partial charge in [0.25, 0.3) is 5.56 Å².